The van der Waals surface area contributed by atoms with Crippen molar-refractivity contribution in [3.63, 3.8) is 0 Å². The lowest BCUT2D eigenvalue weighted by Gasteiger charge is -2.11. The predicted molar refractivity (Wildman–Crippen MR) is 96.0 cm³/mol. The van der Waals surface area contributed by atoms with Crippen molar-refractivity contribution >= 4 is 40.6 Å². The second kappa shape index (κ2) is 7.90. The van der Waals surface area contributed by atoms with Crippen LogP contribution in [0.15, 0.2) is 47.9 Å². The first kappa shape index (κ1) is 16.4. The summed E-state index contributed by atoms with van der Waals surface area (Å²) in [5.41, 5.74) is 1.36. The Hall–Kier alpha value is -2.44. The molecule has 1 aliphatic rings. The van der Waals surface area contributed by atoms with Crippen LogP contribution in [0, 0.1) is 0 Å². The minimum absolute atomic E-state index is 0.122. The Labute approximate surface area is 144 Å². The van der Waals surface area contributed by atoms with E-state index in [4.69, 9.17) is 4.74 Å². The maximum absolute atomic E-state index is 12.0. The van der Waals surface area contributed by atoms with Gasteiger partial charge in [-0.25, -0.2) is 0 Å². The van der Waals surface area contributed by atoms with E-state index in [9.17, 15) is 9.59 Å². The molecule has 24 heavy (non-hydrogen) atoms. The molecule has 0 bridgehead atoms. The first-order chi connectivity index (χ1) is 11.7. The van der Waals surface area contributed by atoms with Crippen LogP contribution in [0.2, 0.25) is 0 Å². The molecule has 2 N–H and O–H groups in total. The van der Waals surface area contributed by atoms with E-state index in [1.54, 1.807) is 41.7 Å². The molecule has 1 aromatic heterocycles. The summed E-state index contributed by atoms with van der Waals surface area (Å²) in [5.74, 6) is -0.317. The average molecular weight is 342 g/mol. The number of anilines is 2. The molecule has 0 spiro atoms. The van der Waals surface area contributed by atoms with Crippen molar-refractivity contribution < 1.29 is 14.3 Å². The molecule has 2 aromatic rings. The number of carbonyl (C=O) groups excluding carboxylic acids is 2. The third-order valence-corrected chi connectivity index (χ3v) is 4.42. The molecule has 124 valence electrons. The summed E-state index contributed by atoms with van der Waals surface area (Å²) < 4.78 is 5.35. The number of rotatable bonds is 5. The summed E-state index contributed by atoms with van der Waals surface area (Å²) in [5, 5.41) is 7.56. The van der Waals surface area contributed by atoms with E-state index in [2.05, 4.69) is 10.6 Å². The van der Waals surface area contributed by atoms with E-state index in [1.165, 1.54) is 6.08 Å². The third-order valence-electron chi connectivity index (χ3n) is 3.58. The fraction of sp³-hybridized carbons (Fsp3) is 0.222. The molecular weight excluding hydrogens is 324 g/mol. The van der Waals surface area contributed by atoms with Crippen LogP contribution < -0.4 is 10.6 Å². The van der Waals surface area contributed by atoms with Gasteiger partial charge in [0.1, 0.15) is 6.10 Å². The maximum Gasteiger partial charge on any atom is 0.253 e. The largest absolute Gasteiger partial charge is 0.368 e. The molecule has 6 heteroatoms. The zero-order valence-corrected chi connectivity index (χ0v) is 13.8. The first-order valence-electron chi connectivity index (χ1n) is 7.76. The lowest BCUT2D eigenvalue weighted by Crippen LogP contribution is -2.26. The Morgan fingerprint density at radius 3 is 2.50 bits per heavy atom. The fourth-order valence-corrected chi connectivity index (χ4v) is 2.99. The lowest BCUT2D eigenvalue weighted by atomic mass is 10.2. The number of thiophene rings is 1. The number of carbonyl (C=O) groups is 2. The van der Waals surface area contributed by atoms with E-state index in [0.29, 0.717) is 18.0 Å². The van der Waals surface area contributed by atoms with Gasteiger partial charge in [-0.2, -0.15) is 0 Å². The van der Waals surface area contributed by atoms with Crippen LogP contribution in [0.1, 0.15) is 17.7 Å². The normalized spacial score (nSPS) is 17.1. The van der Waals surface area contributed by atoms with Gasteiger partial charge in [0.15, 0.2) is 0 Å². The highest BCUT2D eigenvalue weighted by molar-refractivity contribution is 7.10. The molecule has 0 aliphatic carbocycles. The van der Waals surface area contributed by atoms with Gasteiger partial charge >= 0.3 is 0 Å². The van der Waals surface area contributed by atoms with Gasteiger partial charge in [0, 0.05) is 28.9 Å². The van der Waals surface area contributed by atoms with E-state index in [-0.39, 0.29) is 17.9 Å². The van der Waals surface area contributed by atoms with Crippen molar-refractivity contribution in [2.75, 3.05) is 17.2 Å². The van der Waals surface area contributed by atoms with Crippen LogP contribution in [-0.2, 0) is 14.3 Å². The summed E-state index contributed by atoms with van der Waals surface area (Å²) in [6.07, 6.45) is 4.60. The minimum atomic E-state index is -0.355. The van der Waals surface area contributed by atoms with Gasteiger partial charge in [-0.05, 0) is 54.6 Å². The van der Waals surface area contributed by atoms with Gasteiger partial charge in [0.25, 0.3) is 5.91 Å². The summed E-state index contributed by atoms with van der Waals surface area (Å²) in [4.78, 5) is 24.9. The predicted octanol–water partition coefficient (Wildman–Crippen LogP) is 3.52. The number of hydrogen-bond acceptors (Lipinski definition) is 4. The Kier molecular flexibility index (Phi) is 5.40. The molecular formula is C18H18N2O3S. The smallest absolute Gasteiger partial charge is 0.253 e. The van der Waals surface area contributed by atoms with E-state index in [1.807, 2.05) is 17.5 Å². The molecule has 1 fully saturated rings. The molecule has 2 amide bonds. The van der Waals surface area contributed by atoms with Crippen molar-refractivity contribution in [2.45, 2.75) is 18.9 Å². The van der Waals surface area contributed by atoms with Gasteiger partial charge in [0.2, 0.25) is 5.91 Å². The number of amides is 2. The molecule has 1 aliphatic heterocycles. The minimum Gasteiger partial charge on any atom is -0.368 e. The number of hydrogen-bond donors (Lipinski definition) is 2. The van der Waals surface area contributed by atoms with Crippen molar-refractivity contribution in [1.82, 2.24) is 0 Å². The highest BCUT2D eigenvalue weighted by atomic mass is 32.1. The van der Waals surface area contributed by atoms with E-state index in [0.717, 1.165) is 17.7 Å². The van der Waals surface area contributed by atoms with E-state index >= 15 is 0 Å². The molecule has 1 atom stereocenters. The van der Waals surface area contributed by atoms with Crippen LogP contribution in [0.4, 0.5) is 11.4 Å². The Bertz CT molecular complexity index is 717. The molecule has 1 aromatic carbocycles. The molecule has 1 unspecified atom stereocenters. The molecule has 2 heterocycles. The lowest BCUT2D eigenvalue weighted by molar-refractivity contribution is -0.124. The summed E-state index contributed by atoms with van der Waals surface area (Å²) >= 11 is 1.57. The van der Waals surface area contributed by atoms with Crippen LogP contribution in [0.5, 0.6) is 0 Å². The Morgan fingerprint density at radius 1 is 1.12 bits per heavy atom. The van der Waals surface area contributed by atoms with Crippen LogP contribution in [0.3, 0.4) is 0 Å². The Balaban J connectivity index is 1.52. The van der Waals surface area contributed by atoms with Crippen LogP contribution in [-0.4, -0.2) is 24.5 Å². The van der Waals surface area contributed by atoms with Crippen LogP contribution >= 0.6 is 11.3 Å². The van der Waals surface area contributed by atoms with Gasteiger partial charge in [-0.1, -0.05) is 6.07 Å². The van der Waals surface area contributed by atoms with E-state index < -0.39 is 0 Å². The van der Waals surface area contributed by atoms with Crippen molar-refractivity contribution in [1.29, 1.82) is 0 Å². The maximum atomic E-state index is 12.0. The standard InChI is InChI=1S/C18H18N2O3S/c21-17(10-9-15-3-2-12-24-15)19-13-5-7-14(8-6-13)20-18(22)16-4-1-11-23-16/h2-3,5-10,12,16H,1,4,11H2,(H,19,21)(H,20,22)/b10-9+. The highest BCUT2D eigenvalue weighted by Gasteiger charge is 2.23. The highest BCUT2D eigenvalue weighted by Crippen LogP contribution is 2.17. The quantitative estimate of drug-likeness (QED) is 0.817. The molecule has 1 saturated heterocycles. The topological polar surface area (TPSA) is 67.4 Å². The number of nitrogens with one attached hydrogen (secondary N) is 2. The summed E-state index contributed by atoms with van der Waals surface area (Å²) in [6.45, 7) is 0.641. The van der Waals surface area contributed by atoms with Crippen LogP contribution in [0.25, 0.3) is 6.08 Å². The first-order valence-corrected chi connectivity index (χ1v) is 8.64. The zero-order valence-electron chi connectivity index (χ0n) is 13.0. The SMILES string of the molecule is O=C(/C=C/c1cccs1)Nc1ccc(NC(=O)C2CCCO2)cc1. The average Bonchev–Trinajstić information content (AvgIpc) is 3.28. The fourth-order valence-electron chi connectivity index (χ4n) is 2.37. The van der Waals surface area contributed by atoms with Gasteiger partial charge < -0.3 is 15.4 Å². The van der Waals surface area contributed by atoms with Crippen molar-refractivity contribution in [3.05, 3.63) is 52.7 Å². The van der Waals surface area contributed by atoms with Gasteiger partial charge in [0.05, 0.1) is 0 Å². The number of ether oxygens (including phenoxy) is 1. The molecule has 0 radical (unpaired) electrons. The molecule has 0 saturated carbocycles. The third kappa shape index (κ3) is 4.53. The summed E-state index contributed by atoms with van der Waals surface area (Å²) in [6, 6.07) is 10.9. The number of benzene rings is 1. The second-order valence-electron chi connectivity index (χ2n) is 5.41. The van der Waals surface area contributed by atoms with Crippen molar-refractivity contribution in [3.8, 4) is 0 Å². The molecule has 5 nitrogen and oxygen atoms in total. The van der Waals surface area contributed by atoms with Gasteiger partial charge in [-0.15, -0.1) is 11.3 Å². The zero-order chi connectivity index (χ0) is 16.8. The van der Waals surface area contributed by atoms with Crippen molar-refractivity contribution in [2.24, 2.45) is 0 Å². The Morgan fingerprint density at radius 2 is 1.88 bits per heavy atom. The summed E-state index contributed by atoms with van der Waals surface area (Å²) in [7, 11) is 0. The second-order valence-corrected chi connectivity index (χ2v) is 6.39. The van der Waals surface area contributed by atoms with Gasteiger partial charge in [-0.3, -0.25) is 9.59 Å². The monoisotopic (exact) mass is 342 g/mol. The molecule has 3 rings (SSSR count).